The highest BCUT2D eigenvalue weighted by molar-refractivity contribution is 5.94. The molecular weight excluding hydrogens is 262 g/mol. The lowest BCUT2D eigenvalue weighted by molar-refractivity contribution is -0.384. The third kappa shape index (κ3) is 2.88. The molecule has 1 amide bonds. The standard InChI is InChI=1S/C13H17N3O4/c1-20-12-4-2-3-10(12)15-9-6-5-8(13(14)17)7-11(9)16(18)19/h5-7,10,12,15H,2-4H2,1H3,(H2,14,17). The number of rotatable bonds is 5. The molecule has 2 rings (SSSR count). The zero-order chi connectivity index (χ0) is 14.7. The van der Waals surface area contributed by atoms with Gasteiger partial charge in [-0.25, -0.2) is 0 Å². The van der Waals surface area contributed by atoms with E-state index in [4.69, 9.17) is 10.5 Å². The first-order valence-corrected chi connectivity index (χ1v) is 6.40. The van der Waals surface area contributed by atoms with Crippen molar-refractivity contribution in [1.29, 1.82) is 0 Å². The number of hydrogen-bond acceptors (Lipinski definition) is 5. The van der Waals surface area contributed by atoms with Crippen LogP contribution in [-0.2, 0) is 4.74 Å². The maximum atomic E-state index is 11.1. The van der Waals surface area contributed by atoms with E-state index < -0.39 is 10.8 Å². The predicted octanol–water partition coefficient (Wildman–Crippen LogP) is 1.67. The fourth-order valence-electron chi connectivity index (χ4n) is 2.53. The molecule has 0 saturated heterocycles. The van der Waals surface area contributed by atoms with Gasteiger partial charge in [-0.15, -0.1) is 0 Å². The number of nitrogens with two attached hydrogens (primary N) is 1. The van der Waals surface area contributed by atoms with E-state index in [0.29, 0.717) is 5.69 Å². The maximum Gasteiger partial charge on any atom is 0.293 e. The van der Waals surface area contributed by atoms with Crippen molar-refractivity contribution >= 4 is 17.3 Å². The second-order valence-corrected chi connectivity index (χ2v) is 4.81. The number of carbonyl (C=O) groups is 1. The normalized spacial score (nSPS) is 21.6. The van der Waals surface area contributed by atoms with Crippen LogP contribution in [-0.4, -0.2) is 30.1 Å². The molecule has 2 atom stereocenters. The van der Waals surface area contributed by atoms with Crippen LogP contribution in [0.3, 0.4) is 0 Å². The Morgan fingerprint density at radius 3 is 2.85 bits per heavy atom. The number of amides is 1. The summed E-state index contributed by atoms with van der Waals surface area (Å²) < 4.78 is 5.35. The minimum atomic E-state index is -0.685. The van der Waals surface area contributed by atoms with Crippen LogP contribution in [0.5, 0.6) is 0 Å². The van der Waals surface area contributed by atoms with Crippen molar-refractivity contribution in [1.82, 2.24) is 0 Å². The topological polar surface area (TPSA) is 107 Å². The van der Waals surface area contributed by atoms with Crippen LogP contribution in [0.4, 0.5) is 11.4 Å². The van der Waals surface area contributed by atoms with E-state index in [1.54, 1.807) is 7.11 Å². The number of primary amides is 1. The summed E-state index contributed by atoms with van der Waals surface area (Å²) in [5, 5.41) is 14.2. The first kappa shape index (κ1) is 14.3. The van der Waals surface area contributed by atoms with E-state index in [0.717, 1.165) is 19.3 Å². The molecule has 20 heavy (non-hydrogen) atoms. The average molecular weight is 279 g/mol. The fraction of sp³-hybridized carbons (Fsp3) is 0.462. The fourth-order valence-corrected chi connectivity index (χ4v) is 2.53. The third-order valence-electron chi connectivity index (χ3n) is 3.58. The molecule has 1 aromatic carbocycles. The van der Waals surface area contributed by atoms with E-state index in [-0.39, 0.29) is 23.4 Å². The number of anilines is 1. The van der Waals surface area contributed by atoms with Crippen LogP contribution in [0.25, 0.3) is 0 Å². The van der Waals surface area contributed by atoms with E-state index >= 15 is 0 Å². The molecule has 1 aromatic rings. The largest absolute Gasteiger partial charge is 0.379 e. The van der Waals surface area contributed by atoms with Crippen LogP contribution in [0, 0.1) is 10.1 Å². The molecule has 3 N–H and O–H groups in total. The van der Waals surface area contributed by atoms with Gasteiger partial charge in [0.15, 0.2) is 0 Å². The number of benzene rings is 1. The van der Waals surface area contributed by atoms with Crippen molar-refractivity contribution in [3.63, 3.8) is 0 Å². The highest BCUT2D eigenvalue weighted by Gasteiger charge is 2.29. The average Bonchev–Trinajstić information content (AvgIpc) is 2.85. The minimum Gasteiger partial charge on any atom is -0.379 e. The summed E-state index contributed by atoms with van der Waals surface area (Å²) >= 11 is 0. The Kier molecular flexibility index (Phi) is 4.19. The molecule has 1 fully saturated rings. The van der Waals surface area contributed by atoms with Gasteiger partial charge >= 0.3 is 0 Å². The smallest absolute Gasteiger partial charge is 0.293 e. The lowest BCUT2D eigenvalue weighted by Gasteiger charge is -2.20. The Hall–Kier alpha value is -2.15. The Bertz CT molecular complexity index is 532. The summed E-state index contributed by atoms with van der Waals surface area (Å²) in [6, 6.07) is 4.23. The Morgan fingerprint density at radius 1 is 1.50 bits per heavy atom. The number of carbonyl (C=O) groups excluding carboxylic acids is 1. The number of methoxy groups -OCH3 is 1. The molecular formula is C13H17N3O4. The van der Waals surface area contributed by atoms with E-state index in [1.807, 2.05) is 0 Å². The summed E-state index contributed by atoms with van der Waals surface area (Å²) in [4.78, 5) is 21.7. The number of nitro benzene ring substituents is 1. The molecule has 7 nitrogen and oxygen atoms in total. The van der Waals surface area contributed by atoms with Gasteiger partial charge in [0.05, 0.1) is 17.1 Å². The minimum absolute atomic E-state index is 0.0399. The summed E-state index contributed by atoms with van der Waals surface area (Å²) in [6.07, 6.45) is 2.89. The quantitative estimate of drug-likeness (QED) is 0.629. The Labute approximate surface area is 116 Å². The first-order valence-electron chi connectivity index (χ1n) is 6.40. The highest BCUT2D eigenvalue weighted by Crippen LogP contribution is 2.30. The molecule has 0 spiro atoms. The van der Waals surface area contributed by atoms with Crippen LogP contribution < -0.4 is 11.1 Å². The van der Waals surface area contributed by atoms with E-state index in [1.165, 1.54) is 18.2 Å². The van der Waals surface area contributed by atoms with Crippen molar-refractivity contribution in [3.8, 4) is 0 Å². The van der Waals surface area contributed by atoms with Gasteiger partial charge in [-0.1, -0.05) is 0 Å². The third-order valence-corrected chi connectivity index (χ3v) is 3.58. The number of hydrogen-bond donors (Lipinski definition) is 2. The molecule has 0 aliphatic heterocycles. The van der Waals surface area contributed by atoms with E-state index in [9.17, 15) is 14.9 Å². The van der Waals surface area contributed by atoms with Gasteiger partial charge in [0.25, 0.3) is 5.69 Å². The van der Waals surface area contributed by atoms with Crippen molar-refractivity contribution in [3.05, 3.63) is 33.9 Å². The van der Waals surface area contributed by atoms with Gasteiger partial charge < -0.3 is 15.8 Å². The Balaban J connectivity index is 2.27. The number of nitrogens with one attached hydrogen (secondary N) is 1. The molecule has 0 radical (unpaired) electrons. The predicted molar refractivity (Wildman–Crippen MR) is 73.7 cm³/mol. The SMILES string of the molecule is COC1CCCC1Nc1ccc(C(N)=O)cc1[N+](=O)[O-]. The van der Waals surface area contributed by atoms with Gasteiger partial charge in [-0.2, -0.15) is 0 Å². The maximum absolute atomic E-state index is 11.1. The summed E-state index contributed by atoms with van der Waals surface area (Å²) in [6.45, 7) is 0. The molecule has 108 valence electrons. The molecule has 0 bridgehead atoms. The van der Waals surface area contributed by atoms with Crippen molar-refractivity contribution in [2.45, 2.75) is 31.4 Å². The van der Waals surface area contributed by atoms with Gasteiger partial charge in [-0.3, -0.25) is 14.9 Å². The first-order chi connectivity index (χ1) is 9.52. The van der Waals surface area contributed by atoms with Gasteiger partial charge in [0, 0.05) is 18.7 Å². The molecule has 1 saturated carbocycles. The second-order valence-electron chi connectivity index (χ2n) is 4.81. The van der Waals surface area contributed by atoms with Crippen LogP contribution in [0.1, 0.15) is 29.6 Å². The van der Waals surface area contributed by atoms with Gasteiger partial charge in [0.1, 0.15) is 5.69 Å². The summed E-state index contributed by atoms with van der Waals surface area (Å²) in [5.41, 5.74) is 5.49. The number of nitro groups is 1. The summed E-state index contributed by atoms with van der Waals surface area (Å²) in [5.74, 6) is -0.685. The molecule has 0 aromatic heterocycles. The zero-order valence-corrected chi connectivity index (χ0v) is 11.2. The number of nitrogens with zero attached hydrogens (tertiary/aromatic N) is 1. The lowest BCUT2D eigenvalue weighted by atomic mass is 10.1. The van der Waals surface area contributed by atoms with Gasteiger partial charge in [-0.05, 0) is 31.4 Å². The number of ether oxygens (including phenoxy) is 1. The van der Waals surface area contributed by atoms with Crippen molar-refractivity contribution in [2.24, 2.45) is 5.73 Å². The van der Waals surface area contributed by atoms with Crippen LogP contribution >= 0.6 is 0 Å². The highest BCUT2D eigenvalue weighted by atomic mass is 16.6. The lowest BCUT2D eigenvalue weighted by Crippen LogP contribution is -2.30. The Morgan fingerprint density at radius 2 is 2.25 bits per heavy atom. The van der Waals surface area contributed by atoms with E-state index in [2.05, 4.69) is 5.32 Å². The molecule has 1 aliphatic carbocycles. The molecule has 0 heterocycles. The van der Waals surface area contributed by atoms with Gasteiger partial charge in [0.2, 0.25) is 5.91 Å². The van der Waals surface area contributed by atoms with Crippen LogP contribution in [0.2, 0.25) is 0 Å². The molecule has 7 heteroatoms. The zero-order valence-electron chi connectivity index (χ0n) is 11.2. The molecule has 1 aliphatic rings. The summed E-state index contributed by atoms with van der Waals surface area (Å²) in [7, 11) is 1.63. The monoisotopic (exact) mass is 279 g/mol. The second kappa shape index (κ2) is 5.87. The van der Waals surface area contributed by atoms with Crippen molar-refractivity contribution < 1.29 is 14.5 Å². The van der Waals surface area contributed by atoms with Crippen molar-refractivity contribution in [2.75, 3.05) is 12.4 Å². The molecule has 2 unspecified atom stereocenters. The van der Waals surface area contributed by atoms with Crippen LogP contribution in [0.15, 0.2) is 18.2 Å².